The molecule has 3 aromatic carbocycles. The molecule has 0 aliphatic rings. The van der Waals surface area contributed by atoms with Crippen LogP contribution in [0.1, 0.15) is 31.9 Å². The topological polar surface area (TPSA) is 111 Å². The smallest absolute Gasteiger partial charge is 0.307 e. The Morgan fingerprint density at radius 1 is 0.914 bits per heavy atom. The van der Waals surface area contributed by atoms with Gasteiger partial charge in [0.1, 0.15) is 0 Å². The highest BCUT2D eigenvalue weighted by molar-refractivity contribution is 7.09. The zero-order valence-corrected chi connectivity index (χ0v) is 19.8. The first-order chi connectivity index (χ1) is 16.8. The summed E-state index contributed by atoms with van der Waals surface area (Å²) < 4.78 is 0. The van der Waals surface area contributed by atoms with Crippen molar-refractivity contribution >= 4 is 23.2 Å². The van der Waals surface area contributed by atoms with Crippen LogP contribution < -0.4 is 4.87 Å². The molecule has 1 aromatic heterocycles. The van der Waals surface area contributed by atoms with Crippen LogP contribution in [-0.4, -0.2) is 39.0 Å². The molecule has 0 spiro atoms. The molecule has 0 aliphatic carbocycles. The highest BCUT2D eigenvalue weighted by Gasteiger charge is 2.13. The third-order valence-corrected chi connectivity index (χ3v) is 6.47. The number of hydrogen-bond donors (Lipinski definition) is 3. The van der Waals surface area contributed by atoms with E-state index in [1.165, 1.54) is 0 Å². The molecule has 0 atom stereocenters. The molecule has 0 aliphatic heterocycles. The Morgan fingerprint density at radius 3 is 2.23 bits per heavy atom. The summed E-state index contributed by atoms with van der Waals surface area (Å²) in [4.78, 5) is 39.4. The zero-order chi connectivity index (χ0) is 24.9. The minimum Gasteiger partial charge on any atom is -0.494 e. The van der Waals surface area contributed by atoms with Gasteiger partial charge < -0.3 is 15.1 Å². The molecule has 0 fully saturated rings. The van der Waals surface area contributed by atoms with Crippen LogP contribution in [0.5, 0.6) is 5.88 Å². The maximum absolute atomic E-state index is 12.8. The molecule has 178 valence electrons. The van der Waals surface area contributed by atoms with E-state index in [-0.39, 0.29) is 23.1 Å². The van der Waals surface area contributed by atoms with Gasteiger partial charge >= 0.3 is 10.8 Å². The number of carbonyl (C=O) groups excluding carboxylic acids is 1. The zero-order valence-electron chi connectivity index (χ0n) is 19.0. The molecule has 35 heavy (non-hydrogen) atoms. The predicted octanol–water partition coefficient (Wildman–Crippen LogP) is 4.30. The highest BCUT2D eigenvalue weighted by Crippen LogP contribution is 2.25. The van der Waals surface area contributed by atoms with Crippen LogP contribution >= 0.6 is 11.3 Å². The summed E-state index contributed by atoms with van der Waals surface area (Å²) in [6.07, 6.45) is 0.397. The molecular formula is C27H24N2O5S. The Bertz CT molecular complexity index is 1400. The molecule has 0 bridgehead atoms. The number of benzene rings is 3. The summed E-state index contributed by atoms with van der Waals surface area (Å²) in [5.74, 6) is -1.13. The number of aromatic nitrogens is 1. The van der Waals surface area contributed by atoms with E-state index in [2.05, 4.69) is 4.98 Å². The number of carboxylic acids is 1. The van der Waals surface area contributed by atoms with Gasteiger partial charge in [-0.3, -0.25) is 19.4 Å². The molecule has 7 nitrogen and oxygen atoms in total. The normalized spacial score (nSPS) is 10.8. The van der Waals surface area contributed by atoms with E-state index in [1.807, 2.05) is 48.5 Å². The van der Waals surface area contributed by atoms with Crippen LogP contribution in [0.2, 0.25) is 0 Å². The first-order valence-corrected chi connectivity index (χ1v) is 11.8. The van der Waals surface area contributed by atoms with Gasteiger partial charge in [0.2, 0.25) is 5.88 Å². The average molecular weight is 489 g/mol. The molecule has 3 N–H and O–H groups in total. The maximum atomic E-state index is 12.8. The lowest BCUT2D eigenvalue weighted by atomic mass is 10.0. The third kappa shape index (κ3) is 6.04. The lowest BCUT2D eigenvalue weighted by molar-refractivity contribution is -0.136. The number of H-pyrrole nitrogens is 1. The number of thiazole rings is 1. The van der Waals surface area contributed by atoms with Crippen molar-refractivity contribution in [2.45, 2.75) is 19.4 Å². The SMILES string of the molecule is CN(Cc1cccc(-c2ccc(Cc3sc(=O)[nH]c3O)cc2)c1)C(=O)c1ccc(CC(=O)O)cc1. The lowest BCUT2D eigenvalue weighted by Crippen LogP contribution is -2.26. The highest BCUT2D eigenvalue weighted by atomic mass is 32.1. The van der Waals surface area contributed by atoms with E-state index in [1.54, 1.807) is 36.2 Å². The van der Waals surface area contributed by atoms with E-state index >= 15 is 0 Å². The van der Waals surface area contributed by atoms with Crippen LogP contribution in [0.15, 0.2) is 77.6 Å². The summed E-state index contributed by atoms with van der Waals surface area (Å²) in [7, 11) is 1.74. The Morgan fingerprint density at radius 2 is 1.60 bits per heavy atom. The van der Waals surface area contributed by atoms with E-state index < -0.39 is 5.97 Å². The largest absolute Gasteiger partial charge is 0.494 e. The first kappa shape index (κ1) is 24.0. The van der Waals surface area contributed by atoms with Gasteiger partial charge in [-0.15, -0.1) is 0 Å². The standard InChI is InChI=1S/C27H24N2O5S/c1-29(26(33)21-11-7-18(8-12-21)15-24(30)31)16-19-3-2-4-22(13-19)20-9-5-17(6-10-20)14-23-25(32)28-27(34)35-23/h2-13,32H,14-16H2,1H3,(H,28,34)(H,30,31). The monoisotopic (exact) mass is 488 g/mol. The molecule has 0 saturated carbocycles. The number of rotatable bonds is 8. The second kappa shape index (κ2) is 10.4. The third-order valence-electron chi connectivity index (χ3n) is 5.60. The van der Waals surface area contributed by atoms with Crippen molar-refractivity contribution in [2.24, 2.45) is 0 Å². The average Bonchev–Trinajstić information content (AvgIpc) is 3.15. The Balaban J connectivity index is 1.43. The number of carbonyl (C=O) groups is 2. The van der Waals surface area contributed by atoms with Crippen molar-refractivity contribution in [3.05, 3.63) is 110 Å². The fourth-order valence-corrected chi connectivity index (χ4v) is 4.59. The fraction of sp³-hybridized carbons (Fsp3) is 0.148. The van der Waals surface area contributed by atoms with Gasteiger partial charge in [-0.2, -0.15) is 0 Å². The molecule has 8 heteroatoms. The summed E-state index contributed by atoms with van der Waals surface area (Å²) >= 11 is 1.00. The van der Waals surface area contributed by atoms with Gasteiger partial charge in [0.15, 0.2) is 0 Å². The predicted molar refractivity (Wildman–Crippen MR) is 135 cm³/mol. The van der Waals surface area contributed by atoms with Crippen LogP contribution in [0.25, 0.3) is 11.1 Å². The van der Waals surface area contributed by atoms with Crippen LogP contribution in [0.4, 0.5) is 0 Å². The molecule has 0 saturated heterocycles. The summed E-state index contributed by atoms with van der Waals surface area (Å²) in [5, 5.41) is 18.7. The second-order valence-corrected chi connectivity index (χ2v) is 9.36. The number of aromatic amines is 1. The molecule has 0 unspecified atom stereocenters. The van der Waals surface area contributed by atoms with E-state index in [4.69, 9.17) is 5.11 Å². The summed E-state index contributed by atoms with van der Waals surface area (Å²) in [5.41, 5.74) is 5.15. The number of nitrogens with one attached hydrogen (secondary N) is 1. The molecule has 4 rings (SSSR count). The van der Waals surface area contributed by atoms with Gasteiger partial charge in [0.25, 0.3) is 5.91 Å². The maximum Gasteiger partial charge on any atom is 0.307 e. The minimum atomic E-state index is -0.908. The van der Waals surface area contributed by atoms with Crippen LogP contribution in [0.3, 0.4) is 0 Å². The number of nitrogens with zero attached hydrogens (tertiary/aromatic N) is 1. The number of carboxylic acid groups (broad SMARTS) is 1. The van der Waals surface area contributed by atoms with Gasteiger partial charge in [0.05, 0.1) is 11.3 Å². The number of aromatic hydroxyl groups is 1. The van der Waals surface area contributed by atoms with Gasteiger partial charge in [-0.05, 0) is 46.0 Å². The van der Waals surface area contributed by atoms with Crippen LogP contribution in [-0.2, 0) is 24.2 Å². The molecule has 1 heterocycles. The van der Waals surface area contributed by atoms with Crippen molar-refractivity contribution < 1.29 is 19.8 Å². The van der Waals surface area contributed by atoms with Crippen molar-refractivity contribution in [2.75, 3.05) is 7.05 Å². The first-order valence-electron chi connectivity index (χ1n) is 10.9. The molecular weight excluding hydrogens is 464 g/mol. The fourth-order valence-electron chi connectivity index (χ4n) is 3.83. The van der Waals surface area contributed by atoms with Crippen molar-refractivity contribution in [1.82, 2.24) is 9.88 Å². The number of aliphatic carboxylic acids is 1. The van der Waals surface area contributed by atoms with Crippen molar-refractivity contribution in [1.29, 1.82) is 0 Å². The summed E-state index contributed by atoms with van der Waals surface area (Å²) in [6.45, 7) is 0.424. The second-order valence-electron chi connectivity index (χ2n) is 8.29. The van der Waals surface area contributed by atoms with E-state index in [9.17, 15) is 19.5 Å². The summed E-state index contributed by atoms with van der Waals surface area (Å²) in [6, 6.07) is 22.5. The Labute approximate surface area is 205 Å². The van der Waals surface area contributed by atoms with Gasteiger partial charge in [0, 0.05) is 25.6 Å². The van der Waals surface area contributed by atoms with Gasteiger partial charge in [-0.1, -0.05) is 65.9 Å². The van der Waals surface area contributed by atoms with Crippen molar-refractivity contribution in [3.63, 3.8) is 0 Å². The van der Waals surface area contributed by atoms with Crippen molar-refractivity contribution in [3.8, 4) is 17.0 Å². The number of hydrogen-bond acceptors (Lipinski definition) is 5. The van der Waals surface area contributed by atoms with Crippen LogP contribution in [0, 0.1) is 0 Å². The minimum absolute atomic E-state index is 0.0751. The lowest BCUT2D eigenvalue weighted by Gasteiger charge is -2.18. The Kier molecular flexibility index (Phi) is 7.12. The molecule has 4 aromatic rings. The number of amides is 1. The molecule has 0 radical (unpaired) electrons. The van der Waals surface area contributed by atoms with E-state index in [0.717, 1.165) is 33.6 Å². The van der Waals surface area contributed by atoms with E-state index in [0.29, 0.717) is 29.0 Å². The Hall–Kier alpha value is -4.17. The van der Waals surface area contributed by atoms with Gasteiger partial charge in [-0.25, -0.2) is 0 Å². The quantitative estimate of drug-likeness (QED) is 0.343. The molecule has 1 amide bonds.